The highest BCUT2D eigenvalue weighted by molar-refractivity contribution is 5.86. The number of amides is 1. The summed E-state index contributed by atoms with van der Waals surface area (Å²) in [4.78, 5) is 12.7. The summed E-state index contributed by atoms with van der Waals surface area (Å²) in [7, 11) is 1.71. The molecule has 1 aromatic carbocycles. The van der Waals surface area contributed by atoms with Gasteiger partial charge in [0.05, 0.1) is 12.6 Å². The Labute approximate surface area is 143 Å². The van der Waals surface area contributed by atoms with Crippen molar-refractivity contribution in [1.29, 1.82) is 0 Å². The van der Waals surface area contributed by atoms with Gasteiger partial charge in [-0.15, -0.1) is 0 Å². The quantitative estimate of drug-likeness (QED) is 0.866. The number of nitrogens with one attached hydrogen (secondary N) is 1. The van der Waals surface area contributed by atoms with E-state index in [2.05, 4.69) is 11.4 Å². The summed E-state index contributed by atoms with van der Waals surface area (Å²) < 4.78 is 10.9. The lowest BCUT2D eigenvalue weighted by Gasteiger charge is -2.35. The van der Waals surface area contributed by atoms with Crippen molar-refractivity contribution in [1.82, 2.24) is 5.32 Å². The van der Waals surface area contributed by atoms with Gasteiger partial charge < -0.3 is 20.5 Å². The van der Waals surface area contributed by atoms with Crippen molar-refractivity contribution in [3.8, 4) is 5.75 Å². The summed E-state index contributed by atoms with van der Waals surface area (Å²) in [6, 6.07) is 8.16. The van der Waals surface area contributed by atoms with Crippen molar-refractivity contribution in [3.05, 3.63) is 29.8 Å². The Morgan fingerprint density at radius 3 is 2.54 bits per heavy atom. The van der Waals surface area contributed by atoms with Crippen molar-refractivity contribution in [2.75, 3.05) is 26.9 Å². The monoisotopic (exact) mass is 332 g/mol. The van der Waals surface area contributed by atoms with Gasteiger partial charge in [-0.25, -0.2) is 0 Å². The van der Waals surface area contributed by atoms with Gasteiger partial charge in [0.15, 0.2) is 0 Å². The maximum absolute atomic E-state index is 12.7. The number of carbonyl (C=O) groups excluding carboxylic acids is 1. The molecule has 0 radical (unpaired) electrons. The van der Waals surface area contributed by atoms with Crippen LogP contribution in [0.15, 0.2) is 24.3 Å². The average molecular weight is 332 g/mol. The molecule has 1 saturated carbocycles. The van der Waals surface area contributed by atoms with Crippen LogP contribution in [0.1, 0.15) is 44.1 Å². The molecule has 5 heteroatoms. The zero-order valence-corrected chi connectivity index (χ0v) is 14.5. The van der Waals surface area contributed by atoms with E-state index < -0.39 is 5.54 Å². The molecule has 0 spiro atoms. The molecule has 1 amide bonds. The molecule has 0 bridgehead atoms. The third kappa shape index (κ3) is 3.28. The molecule has 1 aliphatic heterocycles. The van der Waals surface area contributed by atoms with Crippen molar-refractivity contribution >= 4 is 5.91 Å². The molecule has 3 N–H and O–H groups in total. The van der Waals surface area contributed by atoms with Crippen LogP contribution in [0.3, 0.4) is 0 Å². The SMILES string of the molecule is COc1ccccc1C1(CNC(=O)C2(N)CCOCC2)CCCC1. The second-order valence-electron chi connectivity index (χ2n) is 7.14. The van der Waals surface area contributed by atoms with E-state index in [0.29, 0.717) is 32.6 Å². The first-order valence-corrected chi connectivity index (χ1v) is 8.88. The molecular weight excluding hydrogens is 304 g/mol. The van der Waals surface area contributed by atoms with Gasteiger partial charge in [-0.2, -0.15) is 0 Å². The van der Waals surface area contributed by atoms with Crippen molar-refractivity contribution in [3.63, 3.8) is 0 Å². The largest absolute Gasteiger partial charge is 0.496 e. The number of methoxy groups -OCH3 is 1. The molecule has 1 saturated heterocycles. The summed E-state index contributed by atoms with van der Waals surface area (Å²) in [5.74, 6) is 0.856. The minimum Gasteiger partial charge on any atom is -0.496 e. The smallest absolute Gasteiger partial charge is 0.240 e. The maximum atomic E-state index is 12.7. The second kappa shape index (κ2) is 7.11. The van der Waals surface area contributed by atoms with Gasteiger partial charge in [-0.3, -0.25) is 4.79 Å². The first-order valence-electron chi connectivity index (χ1n) is 8.88. The molecule has 0 aromatic heterocycles. The summed E-state index contributed by atoms with van der Waals surface area (Å²) >= 11 is 0. The van der Waals surface area contributed by atoms with E-state index in [1.165, 1.54) is 18.4 Å². The van der Waals surface area contributed by atoms with E-state index in [-0.39, 0.29) is 11.3 Å². The molecule has 1 heterocycles. The molecule has 2 aliphatic rings. The Morgan fingerprint density at radius 1 is 1.21 bits per heavy atom. The standard InChI is InChI=1S/C19H28N2O3/c1-23-16-7-3-2-6-15(16)18(8-4-5-9-18)14-21-17(22)19(20)10-12-24-13-11-19/h2-3,6-7H,4-5,8-14,20H2,1H3,(H,21,22). The predicted octanol–water partition coefficient (Wildman–Crippen LogP) is 2.13. The van der Waals surface area contributed by atoms with Crippen LogP contribution in [0.5, 0.6) is 5.75 Å². The average Bonchev–Trinajstić information content (AvgIpc) is 3.10. The number of para-hydroxylation sites is 1. The minimum atomic E-state index is -0.793. The molecule has 2 fully saturated rings. The van der Waals surface area contributed by atoms with Gasteiger partial charge in [-0.1, -0.05) is 31.0 Å². The van der Waals surface area contributed by atoms with Gasteiger partial charge in [0.2, 0.25) is 5.91 Å². The van der Waals surface area contributed by atoms with Crippen molar-refractivity contribution < 1.29 is 14.3 Å². The van der Waals surface area contributed by atoms with E-state index in [1.54, 1.807) is 7.11 Å². The molecule has 132 valence electrons. The lowest BCUT2D eigenvalue weighted by molar-refractivity contribution is -0.130. The van der Waals surface area contributed by atoms with Gasteiger partial charge in [0.1, 0.15) is 5.75 Å². The third-order valence-corrected chi connectivity index (χ3v) is 5.66. The number of rotatable bonds is 5. The maximum Gasteiger partial charge on any atom is 0.240 e. The van der Waals surface area contributed by atoms with Gasteiger partial charge >= 0.3 is 0 Å². The molecule has 1 aromatic rings. The zero-order valence-electron chi connectivity index (χ0n) is 14.5. The van der Waals surface area contributed by atoms with E-state index >= 15 is 0 Å². The van der Waals surface area contributed by atoms with E-state index in [1.807, 2.05) is 18.2 Å². The van der Waals surface area contributed by atoms with Crippen LogP contribution in [0.25, 0.3) is 0 Å². The molecule has 5 nitrogen and oxygen atoms in total. The first kappa shape index (κ1) is 17.2. The fourth-order valence-corrected chi connectivity index (χ4v) is 4.06. The van der Waals surface area contributed by atoms with E-state index in [0.717, 1.165) is 18.6 Å². The number of nitrogens with two attached hydrogens (primary N) is 1. The van der Waals surface area contributed by atoms with Crippen LogP contribution < -0.4 is 15.8 Å². The normalized spacial score (nSPS) is 22.1. The lowest BCUT2D eigenvalue weighted by Crippen LogP contribution is -2.58. The third-order valence-electron chi connectivity index (χ3n) is 5.66. The van der Waals surface area contributed by atoms with Crippen LogP contribution >= 0.6 is 0 Å². The number of carbonyl (C=O) groups is 1. The molecule has 24 heavy (non-hydrogen) atoms. The highest BCUT2D eigenvalue weighted by Crippen LogP contribution is 2.44. The summed E-state index contributed by atoms with van der Waals surface area (Å²) in [6.45, 7) is 1.73. The van der Waals surface area contributed by atoms with E-state index in [9.17, 15) is 4.79 Å². The molecule has 1 aliphatic carbocycles. The Kier molecular flexibility index (Phi) is 5.11. The van der Waals surface area contributed by atoms with Gasteiger partial charge in [-0.05, 0) is 31.7 Å². The van der Waals surface area contributed by atoms with Crippen LogP contribution in [0.4, 0.5) is 0 Å². The molecule has 0 unspecified atom stereocenters. The predicted molar refractivity (Wildman–Crippen MR) is 93.1 cm³/mol. The Balaban J connectivity index is 1.76. The van der Waals surface area contributed by atoms with Crippen molar-refractivity contribution in [2.24, 2.45) is 5.73 Å². The fourth-order valence-electron chi connectivity index (χ4n) is 4.06. The first-order chi connectivity index (χ1) is 11.6. The highest BCUT2D eigenvalue weighted by Gasteiger charge is 2.41. The van der Waals surface area contributed by atoms with Gasteiger partial charge in [0.25, 0.3) is 0 Å². The van der Waals surface area contributed by atoms with Crippen LogP contribution in [-0.2, 0) is 14.9 Å². The van der Waals surface area contributed by atoms with Crippen LogP contribution in [0.2, 0.25) is 0 Å². The Bertz CT molecular complexity index is 576. The molecular formula is C19H28N2O3. The minimum absolute atomic E-state index is 0.0491. The zero-order chi connectivity index (χ0) is 17.0. The van der Waals surface area contributed by atoms with Crippen molar-refractivity contribution in [2.45, 2.75) is 49.5 Å². The molecule has 3 rings (SSSR count). The summed E-state index contributed by atoms with van der Waals surface area (Å²) in [5.41, 5.74) is 6.66. The summed E-state index contributed by atoms with van der Waals surface area (Å²) in [6.07, 6.45) is 5.65. The Hall–Kier alpha value is -1.59. The van der Waals surface area contributed by atoms with E-state index in [4.69, 9.17) is 15.2 Å². The molecule has 0 atom stereocenters. The number of benzene rings is 1. The van der Waals surface area contributed by atoms with Crippen LogP contribution in [-0.4, -0.2) is 38.3 Å². The topological polar surface area (TPSA) is 73.6 Å². The van der Waals surface area contributed by atoms with Gasteiger partial charge in [0, 0.05) is 30.7 Å². The number of hydrogen-bond donors (Lipinski definition) is 2. The summed E-state index contributed by atoms with van der Waals surface area (Å²) in [5, 5.41) is 3.15. The second-order valence-corrected chi connectivity index (χ2v) is 7.14. The van der Waals surface area contributed by atoms with Crippen LogP contribution in [0, 0.1) is 0 Å². The number of ether oxygens (including phenoxy) is 2. The number of hydrogen-bond acceptors (Lipinski definition) is 4. The lowest BCUT2D eigenvalue weighted by atomic mass is 9.78. The fraction of sp³-hybridized carbons (Fsp3) is 0.632. The Morgan fingerprint density at radius 2 is 1.88 bits per heavy atom. The highest BCUT2D eigenvalue weighted by atomic mass is 16.5.